The van der Waals surface area contributed by atoms with Crippen molar-refractivity contribution in [2.45, 2.75) is 211 Å². The highest BCUT2D eigenvalue weighted by atomic mass is 16.7. The molecule has 0 radical (unpaired) electrons. The number of amides is 3. The summed E-state index contributed by atoms with van der Waals surface area (Å²) in [4.78, 5) is 88.0. The second-order valence-electron chi connectivity index (χ2n) is 22.7. The third kappa shape index (κ3) is 12.5. The van der Waals surface area contributed by atoms with Gasteiger partial charge in [-0.05, 0) is 81.8 Å². The molecule has 0 aliphatic carbocycles. The smallest absolute Gasteiger partial charge is 0.410 e. The van der Waals surface area contributed by atoms with Crippen LogP contribution in [0.2, 0.25) is 0 Å². The fourth-order valence-electron chi connectivity index (χ4n) is 12.4. The van der Waals surface area contributed by atoms with E-state index < -0.39 is 150 Å². The van der Waals surface area contributed by atoms with Crippen LogP contribution in [-0.4, -0.2) is 203 Å². The number of aromatic amines is 1. The Morgan fingerprint density at radius 2 is 1.59 bits per heavy atom. The number of esters is 1. The van der Waals surface area contributed by atoms with Gasteiger partial charge in [-0.2, -0.15) is 0 Å². The molecule has 1 aromatic heterocycles. The van der Waals surface area contributed by atoms with E-state index in [2.05, 4.69) is 15.6 Å². The number of urea groups is 1. The number of hydrogen-bond acceptors (Lipinski definition) is 19. The lowest BCUT2D eigenvalue weighted by atomic mass is 9.73. The number of ether oxygens (including phenoxy) is 9. The Bertz CT molecular complexity index is 2320. The summed E-state index contributed by atoms with van der Waals surface area (Å²) in [7, 11) is 6.71. The van der Waals surface area contributed by atoms with Gasteiger partial charge in [0.1, 0.15) is 36.4 Å². The summed E-state index contributed by atoms with van der Waals surface area (Å²) in [5.74, 6) is -4.63. The molecule has 0 aromatic carbocycles. The number of carbonyl (C=O) groups is 4. The molecule has 0 bridgehead atoms. The summed E-state index contributed by atoms with van der Waals surface area (Å²) < 4.78 is 58.5. The second-order valence-corrected chi connectivity index (χ2v) is 22.7. The number of nitrogens with zero attached hydrogens (tertiary/aromatic N) is 3. The Labute approximate surface area is 445 Å². The lowest BCUT2D eigenvalue weighted by Gasteiger charge is -2.50. The topological polar surface area (TPSA) is 297 Å². The van der Waals surface area contributed by atoms with Crippen molar-refractivity contribution in [1.82, 2.24) is 30.0 Å². The van der Waals surface area contributed by atoms with E-state index in [9.17, 15) is 39.3 Å². The normalized spacial score (nSPS) is 41.8. The first-order chi connectivity index (χ1) is 35.6. The number of aromatic nitrogens is 2. The number of aliphatic hydroxyl groups is 3. The lowest BCUT2D eigenvalue weighted by Crippen LogP contribution is -2.62. The Kier molecular flexibility index (Phi) is 19.7. The van der Waals surface area contributed by atoms with Gasteiger partial charge in [0.25, 0.3) is 5.56 Å². The van der Waals surface area contributed by atoms with Crippen LogP contribution in [0.1, 0.15) is 113 Å². The second kappa shape index (κ2) is 24.5. The first kappa shape index (κ1) is 61.1. The van der Waals surface area contributed by atoms with Crippen molar-refractivity contribution in [2.24, 2.45) is 23.7 Å². The van der Waals surface area contributed by atoms with Crippen molar-refractivity contribution in [2.75, 3.05) is 48.0 Å². The fraction of sp³-hybridized carbons (Fsp3) is 0.846. The molecular formula is C52H86N6O18. The molecule has 76 heavy (non-hydrogen) atoms. The molecule has 21 atom stereocenters. The number of cyclic esters (lactones) is 1. The number of nitrogens with one attached hydrogen (secondary N) is 3. The maximum Gasteiger partial charge on any atom is 0.410 e. The monoisotopic (exact) mass is 1080 g/mol. The maximum atomic E-state index is 15.2. The van der Waals surface area contributed by atoms with Gasteiger partial charge in [0.15, 0.2) is 18.2 Å². The minimum absolute atomic E-state index is 0.0435. The van der Waals surface area contributed by atoms with Crippen molar-refractivity contribution >= 4 is 23.9 Å². The van der Waals surface area contributed by atoms with Crippen LogP contribution in [-0.2, 0) is 52.2 Å². The van der Waals surface area contributed by atoms with Crippen molar-refractivity contribution in [3.05, 3.63) is 32.6 Å². The van der Waals surface area contributed by atoms with Crippen molar-refractivity contribution in [1.29, 1.82) is 0 Å². The number of methoxy groups -OCH3 is 2. The number of likely N-dealkylation sites (N-methyl/N-ethyl adjacent to an activating group) is 1. The predicted octanol–water partition coefficient (Wildman–Crippen LogP) is 1.71. The van der Waals surface area contributed by atoms with E-state index in [1.165, 1.54) is 36.8 Å². The average molecular weight is 1080 g/mol. The SMILES string of the molecule is CCC1OC(=O)[C@H](C)C(O[C@H]2C[C@@](C)(OC)[C@@H](O)[C@H](C)O2)[C@H](C)[C@@H](O[C@@H]2O[C@H](C)C[C@H](N(C)C)[C@H]2O)[C@](C)(OC)C[C@@H](C)C(=O)[C@H](C)[C@H]2N(CCNC(=O)N[C@H]3C[C@H](n4cc(C)c(=O)[nH]c4=O)O[C@@H]3CO)C(=O)O[C@]12C. The molecule has 2 unspecified atom stereocenters. The molecular weight excluding hydrogens is 997 g/mol. The van der Waals surface area contributed by atoms with E-state index in [0.29, 0.717) is 6.42 Å². The Morgan fingerprint density at radius 3 is 2.21 bits per heavy atom. The van der Waals surface area contributed by atoms with E-state index in [1.807, 2.05) is 32.8 Å². The van der Waals surface area contributed by atoms with Gasteiger partial charge < -0.3 is 73.5 Å². The minimum Gasteiger partial charge on any atom is -0.458 e. The highest BCUT2D eigenvalue weighted by molar-refractivity contribution is 5.85. The number of aryl methyl sites for hydroxylation is 1. The van der Waals surface area contributed by atoms with Gasteiger partial charge >= 0.3 is 23.8 Å². The molecule has 5 saturated heterocycles. The van der Waals surface area contributed by atoms with Crippen LogP contribution in [0.3, 0.4) is 0 Å². The summed E-state index contributed by atoms with van der Waals surface area (Å²) in [5, 5.41) is 38.7. The first-order valence-electron chi connectivity index (χ1n) is 26.7. The van der Waals surface area contributed by atoms with Crippen molar-refractivity contribution in [3.63, 3.8) is 0 Å². The van der Waals surface area contributed by atoms with Gasteiger partial charge in [-0.15, -0.1) is 0 Å². The van der Waals surface area contributed by atoms with Crippen LogP contribution in [0.5, 0.6) is 0 Å². The quantitative estimate of drug-likeness (QED) is 0.145. The number of H-pyrrole nitrogens is 1. The molecule has 5 aliphatic heterocycles. The van der Waals surface area contributed by atoms with E-state index in [4.69, 9.17) is 42.6 Å². The van der Waals surface area contributed by atoms with Gasteiger partial charge in [-0.3, -0.25) is 28.8 Å². The summed E-state index contributed by atoms with van der Waals surface area (Å²) >= 11 is 0. The van der Waals surface area contributed by atoms with Gasteiger partial charge in [0.2, 0.25) is 0 Å². The number of hydrogen-bond donors (Lipinski definition) is 6. The Hall–Kier alpha value is -4.08. The van der Waals surface area contributed by atoms with E-state index in [1.54, 1.807) is 55.4 Å². The maximum absolute atomic E-state index is 15.2. The zero-order valence-corrected chi connectivity index (χ0v) is 46.9. The third-order valence-electron chi connectivity index (χ3n) is 16.9. The Morgan fingerprint density at radius 1 is 0.921 bits per heavy atom. The minimum atomic E-state index is -1.62. The molecule has 24 heteroatoms. The third-order valence-corrected chi connectivity index (χ3v) is 16.9. The number of ketones is 1. The summed E-state index contributed by atoms with van der Waals surface area (Å²) in [6.45, 7) is 18.2. The van der Waals surface area contributed by atoms with Crippen LogP contribution in [0, 0.1) is 30.6 Å². The van der Waals surface area contributed by atoms with Crippen LogP contribution in [0.15, 0.2) is 15.8 Å². The van der Waals surface area contributed by atoms with Gasteiger partial charge in [-0.1, -0.05) is 27.7 Å². The number of carbonyl (C=O) groups excluding carboxylic acids is 4. The summed E-state index contributed by atoms with van der Waals surface area (Å²) in [6.07, 6.45) is -9.08. The number of Topliss-reactive ketones (excluding diaryl/α,β-unsaturated/α-hetero) is 1. The number of fused-ring (bicyclic) bond motifs is 1. The molecule has 6 heterocycles. The molecule has 0 saturated carbocycles. The standard InChI is InChI=1S/C52H86N6O18/c1-16-35-52(11)41(57(49(67)76-52)18-17-53-47(65)54-32-20-36(72-34(32)24-59)58-23-26(3)44(63)55-48(58)66)28(5)38(60)25(2)21-51(10,69-15)43(75-46-39(61)33(56(12)13)19-27(4)70-46)29(6)40(30(7)45(64)73-35)74-37-22-50(9,68-14)42(62)31(8)71-37/h23,25,27-37,39-43,46,59,61-62H,16-22,24H2,1-15H3,(H2,53,54,65)(H,55,63,66)/t25-,27-,28+,29+,30-,31+,32+,33+,34-,35?,36-,37+,39-,40?,41-,42+,43-,46+,50-,51-,52-/m1/s1. The molecule has 6 rings (SSSR count). The van der Waals surface area contributed by atoms with Crippen molar-refractivity contribution in [3.8, 4) is 0 Å². The van der Waals surface area contributed by atoms with Crippen molar-refractivity contribution < 1.29 is 77.1 Å². The number of aliphatic hydroxyl groups excluding tert-OH is 3. The van der Waals surface area contributed by atoms with E-state index in [0.717, 1.165) is 0 Å². The molecule has 0 spiro atoms. The molecule has 6 N–H and O–H groups in total. The largest absolute Gasteiger partial charge is 0.458 e. The van der Waals surface area contributed by atoms with Crippen LogP contribution in [0.25, 0.3) is 0 Å². The zero-order valence-electron chi connectivity index (χ0n) is 46.9. The van der Waals surface area contributed by atoms with Crippen LogP contribution in [0.4, 0.5) is 9.59 Å². The molecule has 3 amide bonds. The number of rotatable bonds is 14. The average Bonchev–Trinajstić information content (AvgIpc) is 3.89. The van der Waals surface area contributed by atoms with E-state index >= 15 is 4.79 Å². The molecule has 24 nitrogen and oxygen atoms in total. The summed E-state index contributed by atoms with van der Waals surface area (Å²) in [6, 6.07) is -2.84. The van der Waals surface area contributed by atoms with Gasteiger partial charge in [0, 0.05) is 75.7 Å². The molecule has 5 aliphatic rings. The highest BCUT2D eigenvalue weighted by Crippen LogP contribution is 2.45. The fourth-order valence-corrected chi connectivity index (χ4v) is 12.4. The zero-order chi connectivity index (χ0) is 56.5. The van der Waals surface area contributed by atoms with Crippen LogP contribution >= 0.6 is 0 Å². The highest BCUT2D eigenvalue weighted by Gasteiger charge is 2.61. The summed E-state index contributed by atoms with van der Waals surface area (Å²) in [5.41, 5.74) is -5.07. The van der Waals surface area contributed by atoms with Gasteiger partial charge in [-0.25, -0.2) is 14.4 Å². The van der Waals surface area contributed by atoms with Crippen LogP contribution < -0.4 is 21.9 Å². The molecule has 5 fully saturated rings. The van der Waals surface area contributed by atoms with Gasteiger partial charge in [0.05, 0.1) is 60.2 Å². The lowest BCUT2D eigenvalue weighted by molar-refractivity contribution is -0.319. The molecule has 432 valence electrons. The first-order valence-corrected chi connectivity index (χ1v) is 26.7. The molecule has 1 aromatic rings. The predicted molar refractivity (Wildman–Crippen MR) is 272 cm³/mol. The Balaban J connectivity index is 1.32. The van der Waals surface area contributed by atoms with E-state index in [-0.39, 0.29) is 62.3 Å².